The standard InChI is InChI=1S/C12H19N3O2/c1-9-4-5-11(10(15-9)8-13-2)17-7-6-12(16)14-3/h4-5,13H,6-8H2,1-3H3,(H,14,16). The molecule has 0 radical (unpaired) electrons. The molecule has 1 amide bonds. The first-order chi connectivity index (χ1) is 8.17. The molecule has 1 aromatic heterocycles. The molecule has 2 N–H and O–H groups in total. The van der Waals surface area contributed by atoms with Crippen molar-refractivity contribution in [1.82, 2.24) is 15.6 Å². The van der Waals surface area contributed by atoms with Crippen LogP contribution >= 0.6 is 0 Å². The van der Waals surface area contributed by atoms with Crippen molar-refractivity contribution in [2.24, 2.45) is 0 Å². The summed E-state index contributed by atoms with van der Waals surface area (Å²) in [5, 5.41) is 5.59. The number of nitrogens with one attached hydrogen (secondary N) is 2. The van der Waals surface area contributed by atoms with Crippen LogP contribution in [0.1, 0.15) is 17.8 Å². The van der Waals surface area contributed by atoms with E-state index in [9.17, 15) is 4.79 Å². The monoisotopic (exact) mass is 237 g/mol. The summed E-state index contributed by atoms with van der Waals surface area (Å²) in [4.78, 5) is 15.4. The van der Waals surface area contributed by atoms with Crippen molar-refractivity contribution in [3.8, 4) is 5.75 Å². The molecule has 0 saturated heterocycles. The Bertz CT molecular complexity index is 380. The van der Waals surface area contributed by atoms with Gasteiger partial charge in [-0.2, -0.15) is 0 Å². The molecule has 0 unspecified atom stereocenters. The van der Waals surface area contributed by atoms with Gasteiger partial charge >= 0.3 is 0 Å². The SMILES string of the molecule is CNCc1nc(C)ccc1OCCC(=O)NC. The van der Waals surface area contributed by atoms with Crippen LogP contribution in [0.5, 0.6) is 5.75 Å². The van der Waals surface area contributed by atoms with Crippen LogP contribution in [0, 0.1) is 6.92 Å². The van der Waals surface area contributed by atoms with Gasteiger partial charge in [0.1, 0.15) is 5.75 Å². The third-order valence-electron chi connectivity index (χ3n) is 2.28. The van der Waals surface area contributed by atoms with Gasteiger partial charge in [-0.1, -0.05) is 0 Å². The van der Waals surface area contributed by atoms with E-state index in [0.717, 1.165) is 17.1 Å². The molecule has 0 bridgehead atoms. The van der Waals surface area contributed by atoms with Crippen LogP contribution in [0.2, 0.25) is 0 Å². The number of rotatable bonds is 6. The largest absolute Gasteiger partial charge is 0.491 e. The highest BCUT2D eigenvalue weighted by atomic mass is 16.5. The van der Waals surface area contributed by atoms with Gasteiger partial charge in [0.05, 0.1) is 18.7 Å². The lowest BCUT2D eigenvalue weighted by molar-refractivity contribution is -0.121. The molecule has 5 heteroatoms. The van der Waals surface area contributed by atoms with Gasteiger partial charge in [0, 0.05) is 19.3 Å². The normalized spacial score (nSPS) is 10.1. The second kappa shape index (κ2) is 6.85. The fraction of sp³-hybridized carbons (Fsp3) is 0.500. The van der Waals surface area contributed by atoms with Crippen molar-refractivity contribution in [2.75, 3.05) is 20.7 Å². The number of ether oxygens (including phenoxy) is 1. The van der Waals surface area contributed by atoms with Crippen LogP contribution in [-0.4, -0.2) is 31.6 Å². The number of carbonyl (C=O) groups is 1. The number of hydrogen-bond acceptors (Lipinski definition) is 4. The summed E-state index contributed by atoms with van der Waals surface area (Å²) < 4.78 is 5.55. The Morgan fingerprint density at radius 2 is 2.18 bits per heavy atom. The molecule has 5 nitrogen and oxygen atoms in total. The molecule has 0 aromatic carbocycles. The molecule has 1 rings (SSSR count). The summed E-state index contributed by atoms with van der Waals surface area (Å²) in [6.07, 6.45) is 0.351. The lowest BCUT2D eigenvalue weighted by Gasteiger charge is -2.10. The van der Waals surface area contributed by atoms with Gasteiger partial charge in [-0.3, -0.25) is 9.78 Å². The van der Waals surface area contributed by atoms with Crippen LogP contribution in [0.3, 0.4) is 0 Å². The van der Waals surface area contributed by atoms with E-state index in [0.29, 0.717) is 19.6 Å². The topological polar surface area (TPSA) is 63.3 Å². The first-order valence-electron chi connectivity index (χ1n) is 5.62. The fourth-order valence-electron chi connectivity index (χ4n) is 1.40. The maximum absolute atomic E-state index is 11.0. The molecule has 0 saturated carbocycles. The van der Waals surface area contributed by atoms with Gasteiger partial charge < -0.3 is 15.4 Å². The highest BCUT2D eigenvalue weighted by Gasteiger charge is 2.06. The number of amides is 1. The first-order valence-corrected chi connectivity index (χ1v) is 5.62. The molecule has 1 aromatic rings. The Morgan fingerprint density at radius 1 is 1.41 bits per heavy atom. The quantitative estimate of drug-likeness (QED) is 0.761. The molecule has 0 fully saturated rings. The van der Waals surface area contributed by atoms with Gasteiger partial charge in [0.2, 0.25) is 5.91 Å². The Hall–Kier alpha value is -1.62. The maximum atomic E-state index is 11.0. The van der Waals surface area contributed by atoms with Gasteiger partial charge in [0.25, 0.3) is 0 Å². The van der Waals surface area contributed by atoms with Gasteiger partial charge in [-0.05, 0) is 26.1 Å². The summed E-state index contributed by atoms with van der Waals surface area (Å²) in [7, 11) is 3.47. The summed E-state index contributed by atoms with van der Waals surface area (Å²) in [6, 6.07) is 3.78. The van der Waals surface area contributed by atoms with Crippen molar-refractivity contribution in [3.63, 3.8) is 0 Å². The zero-order valence-corrected chi connectivity index (χ0v) is 10.5. The second-order valence-corrected chi connectivity index (χ2v) is 3.70. The van der Waals surface area contributed by atoms with Crippen LogP contribution in [0.25, 0.3) is 0 Å². The van der Waals surface area contributed by atoms with E-state index in [-0.39, 0.29) is 5.91 Å². The van der Waals surface area contributed by atoms with Crippen LogP contribution in [0.4, 0.5) is 0 Å². The first kappa shape index (κ1) is 13.4. The zero-order chi connectivity index (χ0) is 12.7. The van der Waals surface area contributed by atoms with Gasteiger partial charge in [0.15, 0.2) is 0 Å². The van der Waals surface area contributed by atoms with Crippen molar-refractivity contribution >= 4 is 5.91 Å². The summed E-state index contributed by atoms with van der Waals surface area (Å²) in [5.41, 5.74) is 1.82. The maximum Gasteiger partial charge on any atom is 0.223 e. The average molecular weight is 237 g/mol. The zero-order valence-electron chi connectivity index (χ0n) is 10.5. The predicted octanol–water partition coefficient (Wildman–Crippen LogP) is 0.624. The predicted molar refractivity (Wildman–Crippen MR) is 65.9 cm³/mol. The lowest BCUT2D eigenvalue weighted by atomic mass is 10.3. The molecule has 0 aliphatic carbocycles. The second-order valence-electron chi connectivity index (χ2n) is 3.70. The lowest BCUT2D eigenvalue weighted by Crippen LogP contribution is -2.20. The number of nitrogens with zero attached hydrogens (tertiary/aromatic N) is 1. The number of carbonyl (C=O) groups excluding carboxylic acids is 1. The molecular weight excluding hydrogens is 218 g/mol. The summed E-state index contributed by atoms with van der Waals surface area (Å²) >= 11 is 0. The molecule has 0 aliphatic heterocycles. The molecule has 1 heterocycles. The van der Waals surface area contributed by atoms with Crippen LogP contribution in [-0.2, 0) is 11.3 Å². The third kappa shape index (κ3) is 4.40. The van der Waals surface area contributed by atoms with Crippen molar-refractivity contribution in [3.05, 3.63) is 23.5 Å². The van der Waals surface area contributed by atoms with E-state index in [1.807, 2.05) is 26.1 Å². The molecule has 0 spiro atoms. The van der Waals surface area contributed by atoms with Gasteiger partial charge in [-0.25, -0.2) is 0 Å². The number of aryl methyl sites for hydroxylation is 1. The minimum absolute atomic E-state index is 0.0276. The van der Waals surface area contributed by atoms with Crippen LogP contribution in [0.15, 0.2) is 12.1 Å². The molecular formula is C12H19N3O2. The van der Waals surface area contributed by atoms with Gasteiger partial charge in [-0.15, -0.1) is 0 Å². The fourth-order valence-corrected chi connectivity index (χ4v) is 1.40. The van der Waals surface area contributed by atoms with Crippen LogP contribution < -0.4 is 15.4 Å². The minimum atomic E-state index is -0.0276. The minimum Gasteiger partial charge on any atom is -0.491 e. The van der Waals surface area contributed by atoms with Crippen molar-refractivity contribution in [2.45, 2.75) is 19.9 Å². The highest BCUT2D eigenvalue weighted by molar-refractivity contribution is 5.75. The van der Waals surface area contributed by atoms with E-state index in [1.54, 1.807) is 7.05 Å². The Labute approximate surface area is 102 Å². The summed E-state index contributed by atoms with van der Waals surface area (Å²) in [6.45, 7) is 2.95. The molecule has 17 heavy (non-hydrogen) atoms. The molecule has 0 aliphatic rings. The van der Waals surface area contributed by atoms with E-state index >= 15 is 0 Å². The number of hydrogen-bond donors (Lipinski definition) is 2. The van der Waals surface area contributed by atoms with E-state index in [1.165, 1.54) is 0 Å². The smallest absolute Gasteiger partial charge is 0.223 e. The Morgan fingerprint density at radius 3 is 2.82 bits per heavy atom. The number of pyridine rings is 1. The average Bonchev–Trinajstić information content (AvgIpc) is 2.32. The van der Waals surface area contributed by atoms with E-state index < -0.39 is 0 Å². The van der Waals surface area contributed by atoms with Crippen molar-refractivity contribution in [1.29, 1.82) is 0 Å². The van der Waals surface area contributed by atoms with E-state index in [2.05, 4.69) is 15.6 Å². The Kier molecular flexibility index (Phi) is 5.42. The summed E-state index contributed by atoms with van der Waals surface area (Å²) in [5.74, 6) is 0.703. The number of aromatic nitrogens is 1. The molecule has 94 valence electrons. The highest BCUT2D eigenvalue weighted by Crippen LogP contribution is 2.16. The molecule has 0 atom stereocenters. The van der Waals surface area contributed by atoms with E-state index in [4.69, 9.17) is 4.74 Å². The van der Waals surface area contributed by atoms with Crippen molar-refractivity contribution < 1.29 is 9.53 Å². The Balaban J connectivity index is 2.60. The third-order valence-corrected chi connectivity index (χ3v) is 2.28.